The van der Waals surface area contributed by atoms with E-state index in [4.69, 9.17) is 0 Å². The number of carbonyl (C=O) groups excluding carboxylic acids is 1. The molecule has 2 aromatic rings. The van der Waals surface area contributed by atoms with Gasteiger partial charge in [0.05, 0.1) is 10.6 Å². The standard InChI is InChI=1S/C24H29N3O3S/c1-17-15-18-7-5-6-10-23(18)27(17)31(29,30)21-11-12-22-19(16-21)13-14-26(22)24(28)25-20-8-3-2-4-9-20/h5-7,10-12,16-17,20H,2-4,8-9,13-15H2,1H3,(H,25,28). The molecule has 164 valence electrons. The van der Waals surface area contributed by atoms with Gasteiger partial charge in [0.15, 0.2) is 0 Å². The van der Waals surface area contributed by atoms with Crippen molar-refractivity contribution in [2.75, 3.05) is 15.7 Å². The molecule has 7 heteroatoms. The Morgan fingerprint density at radius 2 is 1.77 bits per heavy atom. The molecule has 2 amide bonds. The van der Waals surface area contributed by atoms with Crippen LogP contribution in [0.2, 0.25) is 0 Å². The van der Waals surface area contributed by atoms with Crippen molar-refractivity contribution in [2.45, 2.75) is 68.8 Å². The summed E-state index contributed by atoms with van der Waals surface area (Å²) in [5.41, 5.74) is 3.57. The third-order valence-electron chi connectivity index (χ3n) is 6.83. The number of nitrogens with one attached hydrogen (secondary N) is 1. The molecule has 0 aromatic heterocycles. The summed E-state index contributed by atoms with van der Waals surface area (Å²) in [6.45, 7) is 2.53. The van der Waals surface area contributed by atoms with Gasteiger partial charge in [-0.15, -0.1) is 0 Å². The molecule has 1 saturated carbocycles. The summed E-state index contributed by atoms with van der Waals surface area (Å²) in [6, 6.07) is 13.0. The minimum absolute atomic E-state index is 0.0663. The number of carbonyl (C=O) groups is 1. The average molecular weight is 440 g/mol. The third-order valence-corrected chi connectivity index (χ3v) is 8.75. The highest BCUT2D eigenvalue weighted by molar-refractivity contribution is 7.92. The van der Waals surface area contributed by atoms with Gasteiger partial charge in [-0.25, -0.2) is 13.2 Å². The molecule has 2 heterocycles. The number of nitrogens with zero attached hydrogens (tertiary/aromatic N) is 2. The number of benzene rings is 2. The number of fused-ring (bicyclic) bond motifs is 2. The number of para-hydroxylation sites is 1. The molecule has 2 aliphatic heterocycles. The number of anilines is 2. The topological polar surface area (TPSA) is 69.7 Å². The van der Waals surface area contributed by atoms with Crippen LogP contribution in [0.4, 0.5) is 16.2 Å². The van der Waals surface area contributed by atoms with Gasteiger partial charge in [0.1, 0.15) is 0 Å². The zero-order valence-corrected chi connectivity index (χ0v) is 18.7. The molecule has 1 atom stereocenters. The third kappa shape index (κ3) is 3.59. The van der Waals surface area contributed by atoms with Crippen LogP contribution in [0.15, 0.2) is 47.4 Å². The van der Waals surface area contributed by atoms with Crippen LogP contribution < -0.4 is 14.5 Å². The molecule has 1 aliphatic carbocycles. The van der Waals surface area contributed by atoms with Crippen molar-refractivity contribution in [2.24, 2.45) is 0 Å². The lowest BCUT2D eigenvalue weighted by molar-refractivity contribution is 0.238. The number of sulfonamides is 1. The van der Waals surface area contributed by atoms with Crippen LogP contribution in [0.5, 0.6) is 0 Å². The fraction of sp³-hybridized carbons (Fsp3) is 0.458. The second-order valence-electron chi connectivity index (χ2n) is 8.96. The van der Waals surface area contributed by atoms with Crippen LogP contribution in [-0.4, -0.2) is 33.1 Å². The van der Waals surface area contributed by atoms with Gasteiger partial charge >= 0.3 is 6.03 Å². The molecule has 5 rings (SSSR count). The predicted octanol–water partition coefficient (Wildman–Crippen LogP) is 4.23. The molecule has 1 N–H and O–H groups in total. The van der Waals surface area contributed by atoms with Crippen LogP contribution in [-0.2, 0) is 22.9 Å². The molecule has 0 bridgehead atoms. The van der Waals surface area contributed by atoms with Crippen LogP contribution in [0, 0.1) is 0 Å². The van der Waals surface area contributed by atoms with E-state index in [0.717, 1.165) is 41.8 Å². The van der Waals surface area contributed by atoms with Crippen molar-refractivity contribution in [1.29, 1.82) is 0 Å². The zero-order valence-electron chi connectivity index (χ0n) is 17.9. The van der Waals surface area contributed by atoms with E-state index >= 15 is 0 Å². The Morgan fingerprint density at radius 1 is 1.00 bits per heavy atom. The normalized spacial score (nSPS) is 21.1. The van der Waals surface area contributed by atoms with Gasteiger partial charge in [-0.05, 0) is 68.0 Å². The lowest BCUT2D eigenvalue weighted by Gasteiger charge is -2.27. The van der Waals surface area contributed by atoms with Crippen molar-refractivity contribution >= 4 is 27.4 Å². The molecular formula is C24H29N3O3S. The summed E-state index contributed by atoms with van der Waals surface area (Å²) in [7, 11) is -3.67. The lowest BCUT2D eigenvalue weighted by Crippen LogP contribution is -2.45. The first-order chi connectivity index (χ1) is 14.9. The molecule has 2 aromatic carbocycles. The van der Waals surface area contributed by atoms with Gasteiger partial charge in [0, 0.05) is 24.3 Å². The summed E-state index contributed by atoms with van der Waals surface area (Å²) in [6.07, 6.45) is 7.05. The van der Waals surface area contributed by atoms with Gasteiger partial charge in [0.25, 0.3) is 10.0 Å². The van der Waals surface area contributed by atoms with E-state index in [1.807, 2.05) is 31.2 Å². The van der Waals surface area contributed by atoms with E-state index in [-0.39, 0.29) is 18.1 Å². The van der Waals surface area contributed by atoms with Gasteiger partial charge in [-0.3, -0.25) is 9.21 Å². The number of hydrogen-bond acceptors (Lipinski definition) is 3. The minimum Gasteiger partial charge on any atom is -0.335 e. The number of urea groups is 1. The average Bonchev–Trinajstić information content (AvgIpc) is 3.34. The van der Waals surface area contributed by atoms with E-state index in [9.17, 15) is 13.2 Å². The molecule has 0 saturated heterocycles. The molecule has 1 unspecified atom stereocenters. The quantitative estimate of drug-likeness (QED) is 0.778. The molecule has 3 aliphatic rings. The van der Waals surface area contributed by atoms with Crippen LogP contribution in [0.3, 0.4) is 0 Å². The highest BCUT2D eigenvalue weighted by atomic mass is 32.2. The molecule has 6 nitrogen and oxygen atoms in total. The maximum absolute atomic E-state index is 13.5. The van der Waals surface area contributed by atoms with Crippen molar-refractivity contribution < 1.29 is 13.2 Å². The Balaban J connectivity index is 1.39. The summed E-state index contributed by atoms with van der Waals surface area (Å²) < 4.78 is 28.6. The summed E-state index contributed by atoms with van der Waals surface area (Å²) in [5, 5.41) is 3.17. The van der Waals surface area contributed by atoms with Crippen molar-refractivity contribution in [1.82, 2.24) is 5.32 Å². The Labute approximate surface area is 184 Å². The van der Waals surface area contributed by atoms with Gasteiger partial charge in [-0.2, -0.15) is 0 Å². The van der Waals surface area contributed by atoms with E-state index in [2.05, 4.69) is 5.32 Å². The van der Waals surface area contributed by atoms with E-state index in [0.29, 0.717) is 17.9 Å². The van der Waals surface area contributed by atoms with Crippen LogP contribution >= 0.6 is 0 Å². The van der Waals surface area contributed by atoms with E-state index in [1.54, 1.807) is 27.4 Å². The lowest BCUT2D eigenvalue weighted by atomic mass is 9.96. The fourth-order valence-corrected chi connectivity index (χ4v) is 7.01. The number of amides is 2. The van der Waals surface area contributed by atoms with Gasteiger partial charge < -0.3 is 5.32 Å². The Morgan fingerprint density at radius 3 is 2.58 bits per heavy atom. The SMILES string of the molecule is CC1Cc2ccccc2N1S(=O)(=O)c1ccc2c(c1)CCN2C(=O)NC1CCCCC1. The highest BCUT2D eigenvalue weighted by Gasteiger charge is 2.37. The first kappa shape index (κ1) is 20.4. The van der Waals surface area contributed by atoms with Crippen molar-refractivity contribution in [3.05, 3.63) is 53.6 Å². The molecule has 1 fully saturated rings. The molecule has 31 heavy (non-hydrogen) atoms. The maximum atomic E-state index is 13.5. The highest BCUT2D eigenvalue weighted by Crippen LogP contribution is 2.38. The molecular weight excluding hydrogens is 410 g/mol. The number of rotatable bonds is 3. The second kappa shape index (κ2) is 7.86. The van der Waals surface area contributed by atoms with Gasteiger partial charge in [0.2, 0.25) is 0 Å². The Hall–Kier alpha value is -2.54. The van der Waals surface area contributed by atoms with Crippen LogP contribution in [0.25, 0.3) is 0 Å². The summed E-state index contributed by atoms with van der Waals surface area (Å²) in [4.78, 5) is 14.9. The Kier molecular flexibility index (Phi) is 5.16. The molecule has 0 spiro atoms. The monoisotopic (exact) mass is 439 g/mol. The predicted molar refractivity (Wildman–Crippen MR) is 122 cm³/mol. The minimum atomic E-state index is -3.67. The van der Waals surface area contributed by atoms with Crippen molar-refractivity contribution in [3.63, 3.8) is 0 Å². The zero-order chi connectivity index (χ0) is 21.6. The van der Waals surface area contributed by atoms with Crippen molar-refractivity contribution in [3.8, 4) is 0 Å². The summed E-state index contributed by atoms with van der Waals surface area (Å²) in [5.74, 6) is 0. The maximum Gasteiger partial charge on any atom is 0.322 e. The second-order valence-corrected chi connectivity index (χ2v) is 10.8. The fourth-order valence-electron chi connectivity index (χ4n) is 5.27. The number of hydrogen-bond donors (Lipinski definition) is 1. The first-order valence-corrected chi connectivity index (χ1v) is 12.7. The van der Waals surface area contributed by atoms with Gasteiger partial charge in [-0.1, -0.05) is 37.5 Å². The molecule has 0 radical (unpaired) electrons. The summed E-state index contributed by atoms with van der Waals surface area (Å²) >= 11 is 0. The first-order valence-electron chi connectivity index (χ1n) is 11.3. The smallest absolute Gasteiger partial charge is 0.322 e. The van der Waals surface area contributed by atoms with Crippen LogP contribution in [0.1, 0.15) is 50.2 Å². The Bertz CT molecular complexity index is 1110. The van der Waals surface area contributed by atoms with E-state index < -0.39 is 10.0 Å². The van der Waals surface area contributed by atoms with E-state index in [1.165, 1.54) is 19.3 Å². The largest absolute Gasteiger partial charge is 0.335 e.